The molecular formula is C52H49Cl3F9N9O9S3. The van der Waals surface area contributed by atoms with Gasteiger partial charge in [-0.3, -0.25) is 14.4 Å². The molecular weight excluding hydrogens is 1270 g/mol. The summed E-state index contributed by atoms with van der Waals surface area (Å²) in [6, 6.07) is 13.3. The van der Waals surface area contributed by atoms with Gasteiger partial charge in [-0.1, -0.05) is 60.4 Å². The molecule has 6 N–H and O–H groups in total. The first kappa shape index (κ1) is 67.7. The number of halogens is 12. The van der Waals surface area contributed by atoms with Crippen molar-refractivity contribution in [2.75, 3.05) is 37.1 Å². The molecule has 0 aromatic heterocycles. The second kappa shape index (κ2) is 27.5. The van der Waals surface area contributed by atoms with Crippen LogP contribution in [-0.4, -0.2) is 95.2 Å². The van der Waals surface area contributed by atoms with Crippen LogP contribution in [0.15, 0.2) is 109 Å². The Morgan fingerprint density at radius 3 is 0.824 bits per heavy atom. The molecule has 0 radical (unpaired) electrons. The molecule has 0 aliphatic carbocycles. The van der Waals surface area contributed by atoms with Gasteiger partial charge in [0.2, 0.25) is 17.7 Å². The Hall–Kier alpha value is -6.42. The van der Waals surface area contributed by atoms with Gasteiger partial charge in [-0.25, -0.2) is 39.5 Å². The van der Waals surface area contributed by atoms with Crippen molar-refractivity contribution in [3.63, 3.8) is 0 Å². The lowest BCUT2D eigenvalue weighted by molar-refractivity contribution is -0.120. The van der Waals surface area contributed by atoms with Crippen LogP contribution in [0.1, 0.15) is 61.5 Å². The second-order valence-corrected chi connectivity index (χ2v) is 25.2. The average molecular weight is 1320 g/mol. The maximum Gasteiger partial charge on any atom is 0.280 e. The van der Waals surface area contributed by atoms with Gasteiger partial charge < -0.3 is 16.0 Å². The van der Waals surface area contributed by atoms with Gasteiger partial charge in [0, 0.05) is 38.2 Å². The van der Waals surface area contributed by atoms with E-state index in [9.17, 15) is 79.2 Å². The summed E-state index contributed by atoms with van der Waals surface area (Å²) in [4.78, 5) is 37.9. The van der Waals surface area contributed by atoms with E-state index in [2.05, 4.69) is 30.1 Å². The molecule has 3 fully saturated rings. The van der Waals surface area contributed by atoms with E-state index in [0.29, 0.717) is 0 Å². The van der Waals surface area contributed by atoms with Gasteiger partial charge in [-0.05, 0) is 127 Å². The van der Waals surface area contributed by atoms with Gasteiger partial charge in [0.1, 0.15) is 35.6 Å². The first-order valence-corrected chi connectivity index (χ1v) is 29.6. The van der Waals surface area contributed by atoms with Gasteiger partial charge in [0.05, 0.1) is 33.2 Å². The number of carbonyl (C=O) groups is 3. The van der Waals surface area contributed by atoms with Gasteiger partial charge in [-0.2, -0.15) is 52.3 Å². The summed E-state index contributed by atoms with van der Waals surface area (Å²) in [5, 5.41) is 6.83. The molecule has 3 aliphatic rings. The topological polar surface area (TPSA) is 236 Å². The molecule has 85 heavy (non-hydrogen) atoms. The number of nitrogens with one attached hydrogen (secondary N) is 6. The molecule has 0 bridgehead atoms. The Morgan fingerprint density at radius 1 is 0.388 bits per heavy atom. The van der Waals surface area contributed by atoms with Crippen molar-refractivity contribution in [3.05, 3.63) is 193 Å². The summed E-state index contributed by atoms with van der Waals surface area (Å²) < 4.78 is 204. The summed E-state index contributed by atoms with van der Waals surface area (Å²) in [6.07, 6.45) is -0.120. The highest BCUT2D eigenvalue weighted by Gasteiger charge is 2.44. The second-order valence-electron chi connectivity index (χ2n) is 18.7. The number of hydrogen-bond donors (Lipinski definition) is 6. The van der Waals surface area contributed by atoms with E-state index in [4.69, 9.17) is 34.8 Å². The number of benzene rings is 6. The van der Waals surface area contributed by atoms with Crippen molar-refractivity contribution in [1.82, 2.24) is 27.1 Å². The van der Waals surface area contributed by atoms with Crippen LogP contribution in [0.4, 0.5) is 56.6 Å². The summed E-state index contributed by atoms with van der Waals surface area (Å²) in [7, 11) is -8.55. The minimum atomic E-state index is -4.06. The number of amides is 3. The zero-order valence-electron chi connectivity index (χ0n) is 43.3. The smallest absolute Gasteiger partial charge is 0.280 e. The molecule has 6 atom stereocenters. The monoisotopic (exact) mass is 1320 g/mol. The highest BCUT2D eigenvalue weighted by Crippen LogP contribution is 2.34. The molecule has 6 aromatic carbocycles. The molecule has 18 nitrogen and oxygen atoms in total. The van der Waals surface area contributed by atoms with Gasteiger partial charge in [0.25, 0.3) is 30.6 Å². The Kier molecular flexibility index (Phi) is 21.9. The molecule has 2 unspecified atom stereocenters. The van der Waals surface area contributed by atoms with E-state index >= 15 is 0 Å². The molecule has 458 valence electrons. The van der Waals surface area contributed by atoms with Crippen LogP contribution >= 0.6 is 34.8 Å². The van der Waals surface area contributed by atoms with E-state index in [1.54, 1.807) is 0 Å². The molecule has 0 spiro atoms. The van der Waals surface area contributed by atoms with Crippen molar-refractivity contribution in [2.24, 2.45) is 0 Å². The quantitative estimate of drug-likeness (QED) is 0.0755. The Bertz CT molecular complexity index is 3500. The van der Waals surface area contributed by atoms with Crippen molar-refractivity contribution >= 4 is 100 Å². The Labute approximate surface area is 497 Å². The number of rotatable bonds is 9. The summed E-state index contributed by atoms with van der Waals surface area (Å²) in [5.41, 5.74) is 1.09. The fraction of sp³-hybridized carbons (Fsp3) is 0.250. The number of anilines is 3. The summed E-state index contributed by atoms with van der Waals surface area (Å²) in [6.45, 7) is 0. The number of likely N-dealkylation sites (N-methyl/N-ethyl adjacent to an activating group) is 3. The third-order valence-electron chi connectivity index (χ3n) is 13.2. The minimum Gasteiger partial charge on any atom is -0.325 e. The van der Waals surface area contributed by atoms with Gasteiger partial charge in [-0.15, -0.1) is 0 Å². The molecule has 6 aromatic rings. The highest BCUT2D eigenvalue weighted by atomic mass is 35.5. The minimum absolute atomic E-state index is 0. The van der Waals surface area contributed by atoms with Crippen LogP contribution in [0.2, 0.25) is 15.1 Å². The van der Waals surface area contributed by atoms with Crippen molar-refractivity contribution < 1.29 is 79.2 Å². The van der Waals surface area contributed by atoms with Crippen molar-refractivity contribution in [3.8, 4) is 0 Å². The van der Waals surface area contributed by atoms with Crippen LogP contribution < -0.4 is 30.1 Å². The molecule has 0 saturated carbocycles. The fourth-order valence-corrected chi connectivity index (χ4v) is 12.9. The third kappa shape index (κ3) is 16.4. The van der Waals surface area contributed by atoms with Crippen LogP contribution in [0.5, 0.6) is 0 Å². The normalized spacial score (nSPS) is 21.8. The predicted molar refractivity (Wildman–Crippen MR) is 299 cm³/mol. The fourth-order valence-electron chi connectivity index (χ4n) is 8.57. The largest absolute Gasteiger partial charge is 0.325 e. The highest BCUT2D eigenvalue weighted by molar-refractivity contribution is 7.87. The number of hydrogen-bond acceptors (Lipinski definition) is 9. The summed E-state index contributed by atoms with van der Waals surface area (Å²) in [5.74, 6) is -10.6. The van der Waals surface area contributed by atoms with Crippen LogP contribution in [0, 0.1) is 52.4 Å². The Balaban J connectivity index is 0.000000203. The van der Waals surface area contributed by atoms with Crippen LogP contribution in [0.25, 0.3) is 0 Å². The van der Waals surface area contributed by atoms with Crippen molar-refractivity contribution in [1.29, 1.82) is 0 Å². The maximum atomic E-state index is 13.5. The zero-order valence-corrected chi connectivity index (χ0v) is 48.0. The first-order valence-electron chi connectivity index (χ1n) is 24.1. The lowest BCUT2D eigenvalue weighted by Gasteiger charge is -2.36. The molecule has 9 rings (SSSR count). The van der Waals surface area contributed by atoms with Gasteiger partial charge >= 0.3 is 0 Å². The number of nitrogens with zero attached hydrogens (tertiary/aromatic N) is 3. The molecule has 33 heteroatoms. The van der Waals surface area contributed by atoms with E-state index in [-0.39, 0.29) is 75.5 Å². The van der Waals surface area contributed by atoms with Crippen LogP contribution in [-0.2, 0) is 45.0 Å². The number of carbonyl (C=O) groups excluding carboxylic acids is 3. The molecule has 3 aliphatic heterocycles. The SMILES string of the molecule is C.CN1C(C(=O)Nc2ccc(F)c(Cl)c2)CC(c2ccc(F)c(F)c2)NS1(=O)=O.CN1[C@@H](C(=O)Nc2ccc(F)c(Cl)c2)C[C@@H](c2ccc(F)c(F)c2)NS1(=O)=O.CN1[C@H](C(=O)Nc2ccc(F)c(Cl)c2)C[C@H](c2ccc(F)c(F)c2)NS1(=O)=O. The summed E-state index contributed by atoms with van der Waals surface area (Å²) >= 11 is 17.0. The predicted octanol–water partition coefficient (Wildman–Crippen LogP) is 9.56. The molecule has 3 saturated heterocycles. The van der Waals surface area contributed by atoms with E-state index in [1.807, 2.05) is 0 Å². The third-order valence-corrected chi connectivity index (χ3v) is 18.9. The van der Waals surface area contributed by atoms with Gasteiger partial charge in [0.15, 0.2) is 34.9 Å². The van der Waals surface area contributed by atoms with Crippen LogP contribution in [0.3, 0.4) is 0 Å². The zero-order chi connectivity index (χ0) is 61.9. The standard InChI is InChI=1S/3C17H15ClF3N3O3S.CH4/c3*1-24-16(17(25)22-10-3-5-12(19)11(18)7-10)8-15(23-28(24,26)27)9-2-4-13(20)14(21)6-9;/h3*2-7,15-16,23H,8H2,1H3,(H,22,25);1H4/t2*15-,16+;;/m10../s1. The van der Waals surface area contributed by atoms with E-state index in [0.717, 1.165) is 67.5 Å². The lowest BCUT2D eigenvalue weighted by Crippen LogP contribution is -2.55. The van der Waals surface area contributed by atoms with E-state index in [1.165, 1.54) is 75.7 Å². The maximum absolute atomic E-state index is 13.5. The Morgan fingerprint density at radius 2 is 0.612 bits per heavy atom. The first-order chi connectivity index (χ1) is 39.2. The average Bonchev–Trinajstić information content (AvgIpc) is 1.54. The molecule has 3 amide bonds. The van der Waals surface area contributed by atoms with Crippen molar-refractivity contribution in [2.45, 2.75) is 62.9 Å². The lowest BCUT2D eigenvalue weighted by atomic mass is 9.99. The van der Waals surface area contributed by atoms with E-state index < -0.39 is 137 Å². The molecule has 3 heterocycles.